The van der Waals surface area contributed by atoms with Crippen molar-refractivity contribution in [1.29, 1.82) is 0 Å². The maximum atomic E-state index is 9.14. The summed E-state index contributed by atoms with van der Waals surface area (Å²) in [6, 6.07) is 50.6. The average Bonchev–Trinajstić information content (AvgIpc) is 1.06. The van der Waals surface area contributed by atoms with Crippen molar-refractivity contribution in [2.45, 2.75) is 26.2 Å². The quantitative estimate of drug-likeness (QED) is 0.141. The zero-order chi connectivity index (χ0) is 61.2. The molecule has 16 rings (SSSR count). The second-order valence-electron chi connectivity index (χ2n) is 21.2. The molecule has 0 N–H and O–H groups in total. The molecule has 0 saturated carbocycles. The van der Waals surface area contributed by atoms with Gasteiger partial charge >= 0.3 is 0 Å². The van der Waals surface area contributed by atoms with Crippen LogP contribution < -0.4 is 45.3 Å². The summed E-state index contributed by atoms with van der Waals surface area (Å²) >= 11 is 0. The van der Waals surface area contributed by atoms with Gasteiger partial charge in [-0.3, -0.25) is 4.57 Å². The number of pyridine rings is 1. The Labute approximate surface area is 472 Å². The molecule has 79 heavy (non-hydrogen) atoms. The van der Waals surface area contributed by atoms with Gasteiger partial charge in [-0.15, -0.1) is 0 Å². The smallest absolute Gasteiger partial charge is 0.266 e. The second kappa shape index (κ2) is 17.3. The number of ether oxygens (including phenoxy) is 3. The largest absolute Gasteiger partial charge is 0.458 e. The van der Waals surface area contributed by atoms with E-state index < -0.39 is 60.4 Å². The molecule has 0 atom stereocenters. The third-order valence-corrected chi connectivity index (χ3v) is 15.7. The number of nitrogens with zero attached hydrogens (tertiary/aromatic N) is 5. The van der Waals surface area contributed by atoms with E-state index in [4.69, 9.17) is 32.9 Å². The molecule has 4 aliphatic rings. The number of para-hydroxylation sites is 3. The van der Waals surface area contributed by atoms with E-state index in [1.807, 2.05) is 107 Å². The van der Waals surface area contributed by atoms with E-state index in [2.05, 4.69) is 90.9 Å². The van der Waals surface area contributed by atoms with Crippen LogP contribution in [0.1, 0.15) is 40.0 Å². The number of benzene rings is 10. The first-order valence-corrected chi connectivity index (χ1v) is 26.2. The first-order chi connectivity index (χ1) is 42.9. The van der Waals surface area contributed by atoms with Crippen LogP contribution in [0.5, 0.6) is 34.5 Å². The first kappa shape index (κ1) is 36.1. The molecule has 0 bridgehead atoms. The predicted molar refractivity (Wildman–Crippen MR) is 323 cm³/mol. The molecule has 12 aromatic rings. The van der Waals surface area contributed by atoms with Gasteiger partial charge in [0.05, 0.1) is 41.8 Å². The van der Waals surface area contributed by atoms with E-state index in [0.717, 1.165) is 101 Å². The number of rotatable bonds is 8. The molecule has 0 aliphatic carbocycles. The van der Waals surface area contributed by atoms with Crippen LogP contribution in [0.2, 0.25) is 0 Å². The summed E-state index contributed by atoms with van der Waals surface area (Å²) in [4.78, 5) is 11.3. The highest BCUT2D eigenvalue weighted by Crippen LogP contribution is 2.51. The number of fused-ring (bicyclic) bond motifs is 4. The van der Waals surface area contributed by atoms with Gasteiger partial charge in [0.15, 0.2) is 0 Å². The zero-order valence-electron chi connectivity index (χ0n) is 53.0. The normalized spacial score (nSPS) is 15.3. The van der Waals surface area contributed by atoms with Crippen LogP contribution in [-0.2, 0) is 5.41 Å². The molecule has 2 aromatic heterocycles. The standard InChI is InChI=1S/C70H50BN5O3/c1-70(2,3)46-37-38-72-65(39-46)76-55-36-33-48(75-58-27-14-29-61-66(58)71-67-59(75)28-15-30-62(67)79-64-32-16-31-63(78-61)68(64)71)41-54(55)53-35-34-50(42-60(53)76)77-49-22-12-21-47(40-49)73-43-74(57-26-11-10-25-56(57)73)69-51(44-17-6-4-7-18-44)23-13-24-52(69)45-19-8-5-9-20-45/h4-42H,43H2,1-3H3/i4D,5D,6D,7D,8D,9D,17D,18D,19D,20D. The lowest BCUT2D eigenvalue weighted by atomic mass is 9.33. The van der Waals surface area contributed by atoms with E-state index in [1.165, 1.54) is 0 Å². The van der Waals surface area contributed by atoms with Crippen LogP contribution in [0.15, 0.2) is 236 Å². The summed E-state index contributed by atoms with van der Waals surface area (Å²) in [5, 5.41) is 1.99. The van der Waals surface area contributed by atoms with E-state index in [9.17, 15) is 0 Å². The Morgan fingerprint density at radius 2 is 1.10 bits per heavy atom. The molecule has 0 fully saturated rings. The van der Waals surface area contributed by atoms with Crippen molar-refractivity contribution in [3.8, 4) is 62.6 Å². The minimum atomic E-state index is -0.559. The minimum Gasteiger partial charge on any atom is -0.458 e. The van der Waals surface area contributed by atoms with Gasteiger partial charge in [0.2, 0.25) is 0 Å². The number of anilines is 7. The minimum absolute atomic E-state index is 0.0680. The van der Waals surface area contributed by atoms with E-state index >= 15 is 0 Å². The van der Waals surface area contributed by atoms with Gasteiger partial charge in [-0.1, -0.05) is 136 Å². The van der Waals surface area contributed by atoms with Crippen LogP contribution in [0.25, 0.3) is 49.9 Å². The monoisotopic (exact) mass is 1030 g/mol. The summed E-state index contributed by atoms with van der Waals surface area (Å²) in [7, 11) is 0. The summed E-state index contributed by atoms with van der Waals surface area (Å²) < 4.78 is 111. The zero-order valence-corrected chi connectivity index (χ0v) is 43.0. The highest BCUT2D eigenvalue weighted by atomic mass is 16.5. The molecule has 0 radical (unpaired) electrons. The van der Waals surface area contributed by atoms with Crippen molar-refractivity contribution in [3.05, 3.63) is 242 Å². The van der Waals surface area contributed by atoms with Crippen LogP contribution in [0, 0.1) is 0 Å². The molecule has 4 aliphatic heterocycles. The Morgan fingerprint density at radius 1 is 0.506 bits per heavy atom. The molecule has 8 nitrogen and oxygen atoms in total. The average molecular weight is 1030 g/mol. The van der Waals surface area contributed by atoms with Crippen molar-refractivity contribution in [2.24, 2.45) is 0 Å². The molecule has 6 heterocycles. The second-order valence-corrected chi connectivity index (χ2v) is 21.2. The Balaban J connectivity index is 0.808. The maximum absolute atomic E-state index is 9.14. The summed E-state index contributed by atoms with van der Waals surface area (Å²) in [6.45, 7) is 6.60. The van der Waals surface area contributed by atoms with Crippen molar-refractivity contribution in [3.63, 3.8) is 0 Å². The maximum Gasteiger partial charge on any atom is 0.266 e. The molecular weight excluding hydrogens is 970 g/mol. The highest BCUT2D eigenvalue weighted by Gasteiger charge is 2.47. The van der Waals surface area contributed by atoms with Gasteiger partial charge in [-0.05, 0) is 136 Å². The van der Waals surface area contributed by atoms with Crippen LogP contribution >= 0.6 is 0 Å². The van der Waals surface area contributed by atoms with Crippen LogP contribution in [0.3, 0.4) is 0 Å². The predicted octanol–water partition coefficient (Wildman–Crippen LogP) is 16.4. The Bertz CT molecular complexity index is 4890. The molecular formula is C70H50BN5O3. The Kier molecular flexibility index (Phi) is 7.89. The van der Waals surface area contributed by atoms with Crippen LogP contribution in [0.4, 0.5) is 39.8 Å². The van der Waals surface area contributed by atoms with E-state index in [1.54, 1.807) is 18.2 Å². The number of hydrogen-bond acceptors (Lipinski definition) is 7. The van der Waals surface area contributed by atoms with Crippen molar-refractivity contribution in [2.75, 3.05) is 21.4 Å². The number of aromatic nitrogens is 2. The third kappa shape index (κ3) is 7.05. The molecule has 10 aromatic carbocycles. The summed E-state index contributed by atoms with van der Waals surface area (Å²) in [6.07, 6.45) is 1.87. The summed E-state index contributed by atoms with van der Waals surface area (Å²) in [5.41, 5.74) is 11.7. The molecule has 0 saturated heterocycles. The lowest BCUT2D eigenvalue weighted by molar-refractivity contribution is 0.464. The fourth-order valence-electron chi connectivity index (χ4n) is 12.2. The fourth-order valence-corrected chi connectivity index (χ4v) is 12.2. The number of hydrogen-bond donors (Lipinski definition) is 0. The van der Waals surface area contributed by atoms with E-state index in [0.29, 0.717) is 17.2 Å². The lowest BCUT2D eigenvalue weighted by Crippen LogP contribution is -2.61. The van der Waals surface area contributed by atoms with Gasteiger partial charge in [-0.25, -0.2) is 4.98 Å². The molecule has 0 unspecified atom stereocenters. The van der Waals surface area contributed by atoms with Crippen molar-refractivity contribution >= 4 is 84.7 Å². The molecule has 0 spiro atoms. The van der Waals surface area contributed by atoms with Gasteiger partial charge in [0.25, 0.3) is 6.71 Å². The van der Waals surface area contributed by atoms with Crippen molar-refractivity contribution in [1.82, 2.24) is 9.55 Å². The van der Waals surface area contributed by atoms with Gasteiger partial charge in [0, 0.05) is 68.4 Å². The fraction of sp³-hybridized carbons (Fsp3) is 0.0714. The highest BCUT2D eigenvalue weighted by molar-refractivity contribution is 7.00. The summed E-state index contributed by atoms with van der Waals surface area (Å²) in [5.74, 6) is 5.08. The Hall–Kier alpha value is -9.99. The van der Waals surface area contributed by atoms with E-state index in [-0.39, 0.29) is 46.7 Å². The third-order valence-electron chi connectivity index (χ3n) is 15.7. The first-order valence-electron chi connectivity index (χ1n) is 31.2. The Morgan fingerprint density at radius 3 is 1.77 bits per heavy atom. The van der Waals surface area contributed by atoms with Gasteiger partial charge in [0.1, 0.15) is 47.0 Å². The van der Waals surface area contributed by atoms with Gasteiger partial charge < -0.3 is 28.9 Å². The SMILES string of the molecule is [2H]c1c([2H])c([2H])c(-c2cccc(-c3c([2H])c([2H])c([2H])c([2H])c3[2H])c2N2CN(c3cccc(Oc4ccc5c6cc(N7c8cccc9c8B8c%10c(cccc%10Oc%10cccc7c%108)O9)ccc6n(-c6cc(C(C)(C)C)ccn6)c5c4)c3)c3ccccc32)c([2H])c1[2H]. The van der Waals surface area contributed by atoms with Gasteiger partial charge in [-0.2, -0.15) is 0 Å². The van der Waals surface area contributed by atoms with Crippen LogP contribution in [-0.4, -0.2) is 22.9 Å². The molecule has 376 valence electrons. The molecule has 9 heteroatoms. The molecule has 0 amide bonds. The van der Waals surface area contributed by atoms with Crippen molar-refractivity contribution < 1.29 is 27.9 Å². The topological polar surface area (TPSA) is 55.2 Å². The lowest BCUT2D eigenvalue weighted by Gasteiger charge is -2.42.